The summed E-state index contributed by atoms with van der Waals surface area (Å²) in [6.07, 6.45) is -1.53. The van der Waals surface area contributed by atoms with Gasteiger partial charge in [-0.25, -0.2) is 4.79 Å². The third-order valence-electron chi connectivity index (χ3n) is 1.99. The number of benzene rings is 1. The molecule has 1 heterocycles. The number of hydrogen-bond donors (Lipinski definition) is 0. The van der Waals surface area contributed by atoms with E-state index in [9.17, 15) is 14.9 Å². The lowest BCUT2D eigenvalue weighted by Gasteiger charge is -2.01. The van der Waals surface area contributed by atoms with Crippen LogP contribution in [0.2, 0.25) is 0 Å². The van der Waals surface area contributed by atoms with Gasteiger partial charge >= 0.3 is 11.8 Å². The number of carbonyl (C=O) groups excluding carboxylic acids is 1. The Labute approximate surface area is 100.0 Å². The lowest BCUT2D eigenvalue weighted by atomic mass is 10.2. The van der Waals surface area contributed by atoms with Crippen LogP contribution in [0.5, 0.6) is 11.5 Å². The molecule has 0 aliphatic carbocycles. The Kier molecular flexibility index (Phi) is 3.01. The molecule has 0 saturated heterocycles. The summed E-state index contributed by atoms with van der Waals surface area (Å²) in [6.45, 7) is -0.0396. The van der Waals surface area contributed by atoms with Gasteiger partial charge in [-0.2, -0.15) is 0 Å². The van der Waals surface area contributed by atoms with Gasteiger partial charge in [0, 0.05) is 11.6 Å². The van der Waals surface area contributed by atoms with Crippen molar-refractivity contribution in [1.82, 2.24) is 0 Å². The zero-order valence-electron chi connectivity index (χ0n) is 8.29. The van der Waals surface area contributed by atoms with Gasteiger partial charge in [-0.05, 0) is 17.7 Å². The summed E-state index contributed by atoms with van der Waals surface area (Å²) in [5, 5.41) is 10.4. The number of ether oxygens (including phenoxy) is 3. The molecule has 1 aromatic rings. The van der Waals surface area contributed by atoms with Crippen molar-refractivity contribution in [2.24, 2.45) is 0 Å². The molecule has 1 aliphatic rings. The Bertz CT molecular complexity index is 477. The first-order chi connectivity index (χ1) is 8.06. The highest BCUT2D eigenvalue weighted by molar-refractivity contribution is 6.61. The molecule has 0 saturated carbocycles. The van der Waals surface area contributed by atoms with Crippen molar-refractivity contribution in [2.45, 2.75) is 13.0 Å². The number of rotatable bonds is 3. The molecule has 7 nitrogen and oxygen atoms in total. The Hall–Kier alpha value is -2.02. The average Bonchev–Trinajstić information content (AvgIpc) is 2.69. The van der Waals surface area contributed by atoms with E-state index >= 15 is 0 Å². The van der Waals surface area contributed by atoms with Crippen molar-refractivity contribution in [3.8, 4) is 11.5 Å². The zero-order chi connectivity index (χ0) is 12.4. The molecule has 1 unspecified atom stereocenters. The molecule has 90 valence electrons. The van der Waals surface area contributed by atoms with Crippen LogP contribution in [0.3, 0.4) is 0 Å². The van der Waals surface area contributed by atoms with Gasteiger partial charge in [0.15, 0.2) is 11.5 Å². The largest absolute Gasteiger partial charge is 0.517 e. The van der Waals surface area contributed by atoms with Gasteiger partial charge in [0.05, 0.1) is 0 Å². The molecule has 0 amide bonds. The Morgan fingerprint density at radius 1 is 1.47 bits per heavy atom. The highest BCUT2D eigenvalue weighted by atomic mass is 35.5. The fourth-order valence-electron chi connectivity index (χ4n) is 1.30. The molecular formula is C9H6ClNO6. The topological polar surface area (TPSA) is 87.9 Å². The second-order valence-electron chi connectivity index (χ2n) is 3.14. The fourth-order valence-corrected chi connectivity index (χ4v) is 1.35. The Balaban J connectivity index is 2.09. The molecule has 0 N–H and O–H groups in total. The molecular weight excluding hydrogens is 254 g/mol. The average molecular weight is 260 g/mol. The molecule has 0 spiro atoms. The van der Waals surface area contributed by atoms with Crippen molar-refractivity contribution >= 4 is 17.0 Å². The van der Waals surface area contributed by atoms with E-state index in [0.29, 0.717) is 5.56 Å². The zero-order valence-corrected chi connectivity index (χ0v) is 9.05. The van der Waals surface area contributed by atoms with Crippen molar-refractivity contribution in [3.05, 3.63) is 33.9 Å². The van der Waals surface area contributed by atoms with Gasteiger partial charge in [-0.15, -0.1) is 0 Å². The van der Waals surface area contributed by atoms with E-state index < -0.39 is 16.8 Å². The first-order valence-corrected chi connectivity index (χ1v) is 4.86. The molecule has 1 aromatic carbocycles. The highest BCUT2D eigenvalue weighted by Crippen LogP contribution is 2.35. The molecule has 0 radical (unpaired) electrons. The van der Waals surface area contributed by atoms with Crippen molar-refractivity contribution in [2.75, 3.05) is 0 Å². The van der Waals surface area contributed by atoms with Gasteiger partial charge < -0.3 is 14.2 Å². The maximum absolute atomic E-state index is 10.4. The minimum Gasteiger partial charge on any atom is -0.449 e. The molecule has 0 aromatic heterocycles. The summed E-state index contributed by atoms with van der Waals surface area (Å²) >= 11 is 5.00. The van der Waals surface area contributed by atoms with E-state index in [2.05, 4.69) is 4.74 Å². The number of fused-ring (bicyclic) bond motifs is 1. The van der Waals surface area contributed by atoms with Crippen molar-refractivity contribution in [1.29, 1.82) is 0 Å². The monoisotopic (exact) mass is 259 g/mol. The smallest absolute Gasteiger partial charge is 0.449 e. The summed E-state index contributed by atoms with van der Waals surface area (Å²) in [7, 11) is 0. The number of nitrogens with zero attached hydrogens (tertiary/aromatic N) is 1. The van der Waals surface area contributed by atoms with Gasteiger partial charge in [-0.3, -0.25) is 10.1 Å². The van der Waals surface area contributed by atoms with E-state index in [0.717, 1.165) is 0 Å². The SMILES string of the molecule is O=C(Cl)OCc1ccc2c(c1)OC([N+](=O)[O-])O2. The van der Waals surface area contributed by atoms with E-state index in [1.807, 2.05) is 0 Å². The van der Waals surface area contributed by atoms with Crippen LogP contribution in [-0.2, 0) is 11.3 Å². The first-order valence-electron chi connectivity index (χ1n) is 4.48. The van der Waals surface area contributed by atoms with E-state index in [4.69, 9.17) is 21.1 Å². The summed E-state index contributed by atoms with van der Waals surface area (Å²) < 4.78 is 14.4. The Morgan fingerprint density at radius 2 is 2.18 bits per heavy atom. The predicted molar refractivity (Wildman–Crippen MR) is 54.5 cm³/mol. The predicted octanol–water partition coefficient (Wildman–Crippen LogP) is 1.89. The van der Waals surface area contributed by atoms with Crippen LogP contribution in [-0.4, -0.2) is 16.8 Å². The van der Waals surface area contributed by atoms with Crippen LogP contribution in [0, 0.1) is 10.1 Å². The molecule has 1 atom stereocenters. The van der Waals surface area contributed by atoms with Gasteiger partial charge in [0.25, 0.3) is 0 Å². The first kappa shape index (κ1) is 11.5. The van der Waals surface area contributed by atoms with Crippen LogP contribution in [0.15, 0.2) is 18.2 Å². The summed E-state index contributed by atoms with van der Waals surface area (Å²) in [5.74, 6) is 0.502. The van der Waals surface area contributed by atoms with Crippen LogP contribution < -0.4 is 9.47 Å². The molecule has 1 aliphatic heterocycles. The lowest BCUT2D eigenvalue weighted by molar-refractivity contribution is -0.600. The lowest BCUT2D eigenvalue weighted by Crippen LogP contribution is -2.27. The van der Waals surface area contributed by atoms with E-state index in [1.54, 1.807) is 6.07 Å². The molecule has 2 rings (SSSR count). The summed E-state index contributed by atoms with van der Waals surface area (Å²) in [4.78, 5) is 20.1. The standard InChI is InChI=1S/C9H6ClNO6/c10-8(12)15-4-5-1-2-6-7(3-5)17-9(16-6)11(13)14/h1-3,9H,4H2. The number of nitro groups is 1. The maximum atomic E-state index is 10.4. The number of halogens is 1. The number of carbonyl (C=O) groups is 1. The molecule has 17 heavy (non-hydrogen) atoms. The maximum Gasteiger partial charge on any atom is 0.517 e. The van der Waals surface area contributed by atoms with Crippen LogP contribution in [0.4, 0.5) is 4.79 Å². The second-order valence-corrected chi connectivity index (χ2v) is 3.44. The molecule has 0 fully saturated rings. The molecule has 0 bridgehead atoms. The normalized spacial score (nSPS) is 16.6. The third-order valence-corrected chi connectivity index (χ3v) is 2.10. The van der Waals surface area contributed by atoms with Crippen molar-refractivity contribution < 1.29 is 23.9 Å². The van der Waals surface area contributed by atoms with E-state index in [-0.39, 0.29) is 18.1 Å². The highest BCUT2D eigenvalue weighted by Gasteiger charge is 2.33. The van der Waals surface area contributed by atoms with Crippen LogP contribution in [0.25, 0.3) is 0 Å². The Morgan fingerprint density at radius 3 is 2.82 bits per heavy atom. The van der Waals surface area contributed by atoms with Gasteiger partial charge in [-0.1, -0.05) is 6.07 Å². The minimum absolute atomic E-state index is 0.0396. The van der Waals surface area contributed by atoms with Crippen LogP contribution in [0.1, 0.15) is 5.56 Å². The minimum atomic E-state index is -1.53. The quantitative estimate of drug-likeness (QED) is 0.468. The second kappa shape index (κ2) is 4.46. The summed E-state index contributed by atoms with van der Waals surface area (Å²) in [5.41, 5.74) is -0.337. The van der Waals surface area contributed by atoms with Crippen molar-refractivity contribution in [3.63, 3.8) is 0 Å². The molecule has 8 heteroatoms. The fraction of sp³-hybridized carbons (Fsp3) is 0.222. The van der Waals surface area contributed by atoms with Gasteiger partial charge in [0.1, 0.15) is 11.5 Å². The number of hydrogen-bond acceptors (Lipinski definition) is 6. The van der Waals surface area contributed by atoms with E-state index in [1.165, 1.54) is 12.1 Å². The summed E-state index contributed by atoms with van der Waals surface area (Å²) in [6, 6.07) is 4.57. The van der Waals surface area contributed by atoms with Crippen LogP contribution >= 0.6 is 11.6 Å². The van der Waals surface area contributed by atoms with Gasteiger partial charge in [0.2, 0.25) is 0 Å². The third kappa shape index (κ3) is 2.56.